The van der Waals surface area contributed by atoms with Crippen LogP contribution < -0.4 is 26.1 Å². The molecule has 2 aromatic carbocycles. The molecule has 0 radical (unpaired) electrons. The van der Waals surface area contributed by atoms with E-state index in [4.69, 9.17) is 20.2 Å². The zero-order chi connectivity index (χ0) is 21.0. The molecule has 1 atom stereocenters. The van der Waals surface area contributed by atoms with Gasteiger partial charge in [-0.3, -0.25) is 15.7 Å². The molecule has 7 nitrogen and oxygen atoms in total. The summed E-state index contributed by atoms with van der Waals surface area (Å²) in [4.78, 5) is 8.85. The van der Waals surface area contributed by atoms with Crippen LogP contribution in [0.1, 0.15) is 17.5 Å². The summed E-state index contributed by atoms with van der Waals surface area (Å²) in [5.74, 6) is 2.27. The van der Waals surface area contributed by atoms with Crippen molar-refractivity contribution in [2.24, 2.45) is 15.7 Å². The number of amidine groups is 1. The van der Waals surface area contributed by atoms with Gasteiger partial charge in [0.15, 0.2) is 0 Å². The number of nitrogens with zero attached hydrogens (tertiary/aromatic N) is 2. The standard InChI is InChI=1S/C23H25N5O2/c1-25-20-13-18(5-8-21(20)30-15-24)23-11-9-17(10-12-23)22(27-28-23)26-14-16-3-6-19(29-2)7-4-16/h3-11,13,28H,1,12,14-15,24H2,2H3,(H,26,27). The van der Waals surface area contributed by atoms with Crippen LogP contribution in [0.15, 0.2) is 76.3 Å². The molecule has 2 heterocycles. The largest absolute Gasteiger partial charge is 0.497 e. The van der Waals surface area contributed by atoms with Gasteiger partial charge in [-0.2, -0.15) is 0 Å². The fourth-order valence-electron chi connectivity index (χ4n) is 3.60. The molecule has 2 aromatic rings. The average molecular weight is 403 g/mol. The lowest BCUT2D eigenvalue weighted by Crippen LogP contribution is -2.48. The van der Waals surface area contributed by atoms with Crippen LogP contribution in [-0.4, -0.2) is 26.4 Å². The van der Waals surface area contributed by atoms with Crippen molar-refractivity contribution in [3.8, 4) is 11.5 Å². The van der Waals surface area contributed by atoms with Crippen LogP contribution in [-0.2, 0) is 12.1 Å². The summed E-state index contributed by atoms with van der Waals surface area (Å²) in [6, 6.07) is 13.8. The van der Waals surface area contributed by atoms with Gasteiger partial charge >= 0.3 is 0 Å². The van der Waals surface area contributed by atoms with Gasteiger partial charge in [-0.15, -0.1) is 0 Å². The first-order valence-electron chi connectivity index (χ1n) is 9.72. The van der Waals surface area contributed by atoms with E-state index in [1.165, 1.54) is 0 Å². The summed E-state index contributed by atoms with van der Waals surface area (Å²) in [7, 11) is 1.66. The SMILES string of the molecule is C=Nc1cc(C23C=CC(=CC2)C(=NCc2ccc(OC)cc2)NN3)ccc1OCN. The highest BCUT2D eigenvalue weighted by Gasteiger charge is 2.34. The zero-order valence-electron chi connectivity index (χ0n) is 16.9. The molecule has 5 rings (SSSR count). The molecule has 154 valence electrons. The van der Waals surface area contributed by atoms with Gasteiger partial charge in [-0.25, -0.2) is 5.43 Å². The Morgan fingerprint density at radius 1 is 1.20 bits per heavy atom. The monoisotopic (exact) mass is 403 g/mol. The van der Waals surface area contributed by atoms with Gasteiger partial charge in [-0.1, -0.05) is 36.4 Å². The molecule has 2 bridgehead atoms. The third kappa shape index (κ3) is 3.85. The molecular formula is C23H25N5O2. The molecule has 1 unspecified atom stereocenters. The summed E-state index contributed by atoms with van der Waals surface area (Å²) >= 11 is 0. The van der Waals surface area contributed by atoms with E-state index in [1.54, 1.807) is 7.11 Å². The minimum absolute atomic E-state index is 0.0901. The molecule has 0 amide bonds. The lowest BCUT2D eigenvalue weighted by molar-refractivity contribution is 0.330. The number of benzene rings is 2. The van der Waals surface area contributed by atoms with E-state index in [0.717, 1.165) is 34.7 Å². The minimum atomic E-state index is -0.415. The Bertz CT molecular complexity index is 1030. The molecule has 4 N–H and O–H groups in total. The summed E-state index contributed by atoms with van der Waals surface area (Å²) in [6.45, 7) is 4.31. The molecule has 0 saturated carbocycles. The van der Waals surface area contributed by atoms with E-state index in [2.05, 4.69) is 40.8 Å². The number of rotatable bonds is 7. The molecule has 0 aromatic heterocycles. The minimum Gasteiger partial charge on any atom is -0.497 e. The molecular weight excluding hydrogens is 378 g/mol. The van der Waals surface area contributed by atoms with Crippen LogP contribution in [0, 0.1) is 0 Å². The van der Waals surface area contributed by atoms with Crippen LogP contribution in [0.25, 0.3) is 0 Å². The molecule has 0 fully saturated rings. The topological polar surface area (TPSA) is 93.3 Å². The van der Waals surface area contributed by atoms with Crippen molar-refractivity contribution in [1.29, 1.82) is 0 Å². The lowest BCUT2D eigenvalue weighted by Gasteiger charge is -2.31. The first kappa shape index (κ1) is 19.9. The van der Waals surface area contributed by atoms with Crippen molar-refractivity contribution >= 4 is 18.2 Å². The summed E-state index contributed by atoms with van der Waals surface area (Å²) in [5.41, 5.74) is 15.7. The van der Waals surface area contributed by atoms with E-state index in [0.29, 0.717) is 18.0 Å². The summed E-state index contributed by atoms with van der Waals surface area (Å²) in [5, 5.41) is 0. The quantitative estimate of drug-likeness (QED) is 0.488. The maximum atomic E-state index is 5.50. The maximum absolute atomic E-state index is 5.50. The van der Waals surface area contributed by atoms with Crippen molar-refractivity contribution in [3.05, 3.63) is 77.4 Å². The normalized spacial score (nSPS) is 21.0. The van der Waals surface area contributed by atoms with E-state index in [-0.39, 0.29) is 6.73 Å². The summed E-state index contributed by atoms with van der Waals surface area (Å²) < 4.78 is 10.6. The smallest absolute Gasteiger partial charge is 0.146 e. The second kappa shape index (κ2) is 8.52. The number of hydrogen-bond acceptors (Lipinski definition) is 6. The number of hydrogen-bond donors (Lipinski definition) is 3. The van der Waals surface area contributed by atoms with Crippen LogP contribution in [0.2, 0.25) is 0 Å². The van der Waals surface area contributed by atoms with Gasteiger partial charge in [0.1, 0.15) is 29.8 Å². The van der Waals surface area contributed by atoms with E-state index >= 15 is 0 Å². The Morgan fingerprint density at radius 3 is 2.70 bits per heavy atom. The highest BCUT2D eigenvalue weighted by molar-refractivity contribution is 6.01. The van der Waals surface area contributed by atoms with Crippen LogP contribution in [0.4, 0.5) is 5.69 Å². The van der Waals surface area contributed by atoms with Gasteiger partial charge in [0, 0.05) is 5.57 Å². The van der Waals surface area contributed by atoms with Gasteiger partial charge in [0.2, 0.25) is 0 Å². The highest BCUT2D eigenvalue weighted by atomic mass is 16.5. The molecule has 0 saturated heterocycles. The van der Waals surface area contributed by atoms with Gasteiger partial charge in [-0.05, 0) is 48.5 Å². The number of methoxy groups -OCH3 is 1. The number of fused-ring (bicyclic) bond motifs is 3. The number of hydrazine groups is 1. The second-order valence-electron chi connectivity index (χ2n) is 7.08. The third-order valence-corrected chi connectivity index (χ3v) is 5.33. The zero-order valence-corrected chi connectivity index (χ0v) is 16.9. The van der Waals surface area contributed by atoms with Crippen molar-refractivity contribution < 1.29 is 9.47 Å². The van der Waals surface area contributed by atoms with Crippen LogP contribution in [0.3, 0.4) is 0 Å². The van der Waals surface area contributed by atoms with Crippen molar-refractivity contribution in [2.75, 3.05) is 13.8 Å². The highest BCUT2D eigenvalue weighted by Crippen LogP contribution is 2.38. The van der Waals surface area contributed by atoms with Crippen LogP contribution >= 0.6 is 0 Å². The first-order chi connectivity index (χ1) is 14.7. The predicted octanol–water partition coefficient (Wildman–Crippen LogP) is 3.11. The Balaban J connectivity index is 1.54. The lowest BCUT2D eigenvalue weighted by atomic mass is 9.83. The Morgan fingerprint density at radius 2 is 2.03 bits per heavy atom. The second-order valence-corrected chi connectivity index (χ2v) is 7.08. The molecule has 7 heteroatoms. The van der Waals surface area contributed by atoms with Crippen molar-refractivity contribution in [1.82, 2.24) is 10.9 Å². The predicted molar refractivity (Wildman–Crippen MR) is 119 cm³/mol. The van der Waals surface area contributed by atoms with Crippen molar-refractivity contribution in [3.63, 3.8) is 0 Å². The molecule has 1 aliphatic carbocycles. The molecule has 30 heavy (non-hydrogen) atoms. The fourth-order valence-corrected chi connectivity index (χ4v) is 3.60. The Labute approximate surface area is 176 Å². The number of nitrogens with one attached hydrogen (secondary N) is 2. The van der Waals surface area contributed by atoms with Crippen LogP contribution in [0.5, 0.6) is 11.5 Å². The van der Waals surface area contributed by atoms with E-state index in [9.17, 15) is 0 Å². The third-order valence-electron chi connectivity index (χ3n) is 5.33. The van der Waals surface area contributed by atoms with Gasteiger partial charge in [0.05, 0.1) is 19.2 Å². The molecule has 2 aliphatic heterocycles. The first-order valence-corrected chi connectivity index (χ1v) is 9.72. The summed E-state index contributed by atoms with van der Waals surface area (Å²) in [6.07, 6.45) is 7.21. The van der Waals surface area contributed by atoms with Crippen molar-refractivity contribution in [2.45, 2.75) is 18.5 Å². The van der Waals surface area contributed by atoms with Gasteiger partial charge in [0.25, 0.3) is 0 Å². The number of nitrogens with two attached hydrogens (primary N) is 1. The molecule has 3 aliphatic rings. The average Bonchev–Trinajstić information content (AvgIpc) is 3.09. The molecule has 0 spiro atoms. The number of ether oxygens (including phenoxy) is 2. The number of aliphatic imine (C=N–C) groups is 2. The maximum Gasteiger partial charge on any atom is 0.146 e. The Kier molecular flexibility index (Phi) is 5.65. The van der Waals surface area contributed by atoms with E-state index in [1.807, 2.05) is 42.5 Å². The fraction of sp³-hybridized carbons (Fsp3) is 0.217. The Hall–Kier alpha value is -3.42. The van der Waals surface area contributed by atoms with Gasteiger partial charge < -0.3 is 14.9 Å². The van der Waals surface area contributed by atoms with E-state index < -0.39 is 5.54 Å².